The SMILES string of the molecule is CC(C)NCC(C)S(=O)(=O)NCCC1CCCO1. The van der Waals surface area contributed by atoms with Gasteiger partial charge in [-0.1, -0.05) is 13.8 Å². The molecule has 0 bridgehead atoms. The van der Waals surface area contributed by atoms with Crippen LogP contribution in [0.25, 0.3) is 0 Å². The highest BCUT2D eigenvalue weighted by Crippen LogP contribution is 2.14. The predicted octanol–water partition coefficient (Wildman–Crippen LogP) is 0.861. The molecule has 1 fully saturated rings. The summed E-state index contributed by atoms with van der Waals surface area (Å²) in [7, 11) is -3.22. The van der Waals surface area contributed by atoms with Gasteiger partial charge in [0.1, 0.15) is 0 Å². The third kappa shape index (κ3) is 5.65. The first-order valence-electron chi connectivity index (χ1n) is 6.75. The van der Waals surface area contributed by atoms with Crippen molar-refractivity contribution in [2.45, 2.75) is 57.4 Å². The van der Waals surface area contributed by atoms with E-state index in [1.165, 1.54) is 0 Å². The van der Waals surface area contributed by atoms with E-state index >= 15 is 0 Å². The second-order valence-electron chi connectivity index (χ2n) is 5.24. The Morgan fingerprint density at radius 1 is 1.33 bits per heavy atom. The fourth-order valence-corrected chi connectivity index (χ4v) is 2.89. The van der Waals surface area contributed by atoms with E-state index in [1.54, 1.807) is 6.92 Å². The standard InChI is InChI=1S/C12H26N2O3S/c1-10(2)13-9-11(3)18(15,16)14-7-6-12-5-4-8-17-12/h10-14H,4-9H2,1-3H3. The molecular weight excluding hydrogens is 252 g/mol. The molecule has 0 aliphatic carbocycles. The summed E-state index contributed by atoms with van der Waals surface area (Å²) in [6.07, 6.45) is 3.14. The molecule has 5 nitrogen and oxygen atoms in total. The monoisotopic (exact) mass is 278 g/mol. The Morgan fingerprint density at radius 3 is 2.61 bits per heavy atom. The van der Waals surface area contributed by atoms with Crippen molar-refractivity contribution >= 4 is 10.0 Å². The van der Waals surface area contributed by atoms with Gasteiger partial charge in [-0.05, 0) is 26.2 Å². The fourth-order valence-electron chi connectivity index (χ4n) is 1.89. The lowest BCUT2D eigenvalue weighted by atomic mass is 10.2. The van der Waals surface area contributed by atoms with Crippen molar-refractivity contribution in [3.63, 3.8) is 0 Å². The van der Waals surface area contributed by atoms with Crippen molar-refractivity contribution < 1.29 is 13.2 Å². The zero-order valence-electron chi connectivity index (χ0n) is 11.6. The average Bonchev–Trinajstić information content (AvgIpc) is 2.78. The second kappa shape index (κ2) is 7.43. The molecule has 0 spiro atoms. The van der Waals surface area contributed by atoms with Crippen molar-refractivity contribution in [3.8, 4) is 0 Å². The molecular formula is C12H26N2O3S. The first-order chi connectivity index (χ1) is 8.42. The normalized spacial score (nSPS) is 22.6. The van der Waals surface area contributed by atoms with E-state index in [2.05, 4.69) is 10.0 Å². The highest BCUT2D eigenvalue weighted by molar-refractivity contribution is 7.90. The van der Waals surface area contributed by atoms with Crippen molar-refractivity contribution in [3.05, 3.63) is 0 Å². The molecule has 1 rings (SSSR count). The third-order valence-electron chi connectivity index (χ3n) is 3.14. The van der Waals surface area contributed by atoms with Crippen LogP contribution in [0.2, 0.25) is 0 Å². The van der Waals surface area contributed by atoms with Crippen LogP contribution < -0.4 is 10.0 Å². The van der Waals surface area contributed by atoms with Crippen LogP contribution in [0.15, 0.2) is 0 Å². The quantitative estimate of drug-likeness (QED) is 0.691. The van der Waals surface area contributed by atoms with Crippen LogP contribution in [0.5, 0.6) is 0 Å². The molecule has 0 aromatic carbocycles. The summed E-state index contributed by atoms with van der Waals surface area (Å²) in [5.74, 6) is 0. The van der Waals surface area contributed by atoms with Gasteiger partial charge in [-0.3, -0.25) is 0 Å². The summed E-state index contributed by atoms with van der Waals surface area (Å²) in [6, 6.07) is 0.300. The Bertz CT molecular complexity index is 324. The second-order valence-corrected chi connectivity index (χ2v) is 7.42. The smallest absolute Gasteiger partial charge is 0.215 e. The van der Waals surface area contributed by atoms with Gasteiger partial charge in [0.15, 0.2) is 0 Å². The summed E-state index contributed by atoms with van der Waals surface area (Å²) >= 11 is 0. The molecule has 1 saturated heterocycles. The molecule has 1 aliphatic rings. The summed E-state index contributed by atoms with van der Waals surface area (Å²) in [6.45, 7) is 7.50. The van der Waals surface area contributed by atoms with Crippen LogP contribution >= 0.6 is 0 Å². The van der Waals surface area contributed by atoms with Crippen LogP contribution in [0.4, 0.5) is 0 Å². The number of rotatable bonds is 8. The molecule has 0 radical (unpaired) electrons. The molecule has 1 heterocycles. The minimum Gasteiger partial charge on any atom is -0.378 e. The maximum absolute atomic E-state index is 11.9. The first kappa shape index (κ1) is 15.9. The molecule has 1 aliphatic heterocycles. The lowest BCUT2D eigenvalue weighted by molar-refractivity contribution is 0.105. The molecule has 18 heavy (non-hydrogen) atoms. The number of sulfonamides is 1. The fraction of sp³-hybridized carbons (Fsp3) is 1.00. The minimum absolute atomic E-state index is 0.233. The number of hydrogen-bond acceptors (Lipinski definition) is 4. The van der Waals surface area contributed by atoms with E-state index in [0.717, 1.165) is 25.9 Å². The molecule has 0 aromatic heterocycles. The Morgan fingerprint density at radius 2 is 2.06 bits per heavy atom. The van der Waals surface area contributed by atoms with Gasteiger partial charge in [0, 0.05) is 25.7 Å². The van der Waals surface area contributed by atoms with E-state index in [1.807, 2.05) is 13.8 Å². The van der Waals surface area contributed by atoms with Crippen LogP contribution in [0, 0.1) is 0 Å². The van der Waals surface area contributed by atoms with E-state index in [-0.39, 0.29) is 6.10 Å². The highest BCUT2D eigenvalue weighted by Gasteiger charge is 2.21. The molecule has 0 saturated carbocycles. The Hall–Kier alpha value is -0.170. The summed E-state index contributed by atoms with van der Waals surface area (Å²) in [5.41, 5.74) is 0. The summed E-state index contributed by atoms with van der Waals surface area (Å²) in [5, 5.41) is 2.73. The Balaban J connectivity index is 2.25. The van der Waals surface area contributed by atoms with Crippen LogP contribution in [-0.4, -0.2) is 45.5 Å². The van der Waals surface area contributed by atoms with Gasteiger partial charge >= 0.3 is 0 Å². The van der Waals surface area contributed by atoms with E-state index in [9.17, 15) is 8.42 Å². The zero-order valence-corrected chi connectivity index (χ0v) is 12.4. The lowest BCUT2D eigenvalue weighted by Crippen LogP contribution is -2.41. The van der Waals surface area contributed by atoms with E-state index < -0.39 is 15.3 Å². The van der Waals surface area contributed by atoms with Gasteiger partial charge in [-0.25, -0.2) is 13.1 Å². The maximum Gasteiger partial charge on any atom is 0.215 e. The number of hydrogen-bond donors (Lipinski definition) is 2. The average molecular weight is 278 g/mol. The number of ether oxygens (including phenoxy) is 1. The van der Waals surface area contributed by atoms with Gasteiger partial charge < -0.3 is 10.1 Å². The topological polar surface area (TPSA) is 67.4 Å². The molecule has 0 aromatic rings. The molecule has 108 valence electrons. The van der Waals surface area contributed by atoms with Crippen molar-refractivity contribution in [2.24, 2.45) is 0 Å². The predicted molar refractivity (Wildman–Crippen MR) is 73.1 cm³/mol. The highest BCUT2D eigenvalue weighted by atomic mass is 32.2. The Kier molecular flexibility index (Phi) is 6.55. The van der Waals surface area contributed by atoms with Crippen molar-refractivity contribution in [1.29, 1.82) is 0 Å². The van der Waals surface area contributed by atoms with Gasteiger partial charge in [0.25, 0.3) is 0 Å². The van der Waals surface area contributed by atoms with Gasteiger partial charge in [0.2, 0.25) is 10.0 Å². The third-order valence-corrected chi connectivity index (χ3v) is 4.97. The molecule has 0 amide bonds. The van der Waals surface area contributed by atoms with Gasteiger partial charge in [0.05, 0.1) is 11.4 Å². The molecule has 2 unspecified atom stereocenters. The maximum atomic E-state index is 11.9. The zero-order chi connectivity index (χ0) is 13.6. The van der Waals surface area contributed by atoms with Gasteiger partial charge in [-0.2, -0.15) is 0 Å². The lowest BCUT2D eigenvalue weighted by Gasteiger charge is -2.17. The van der Waals surface area contributed by atoms with Gasteiger partial charge in [-0.15, -0.1) is 0 Å². The summed E-state index contributed by atoms with van der Waals surface area (Å²) < 4.78 is 32.0. The van der Waals surface area contributed by atoms with Crippen molar-refractivity contribution in [2.75, 3.05) is 19.7 Å². The minimum atomic E-state index is -3.22. The van der Waals surface area contributed by atoms with E-state index in [0.29, 0.717) is 19.1 Å². The largest absolute Gasteiger partial charge is 0.378 e. The summed E-state index contributed by atoms with van der Waals surface area (Å²) in [4.78, 5) is 0. The van der Waals surface area contributed by atoms with Crippen LogP contribution in [0.3, 0.4) is 0 Å². The van der Waals surface area contributed by atoms with Crippen molar-refractivity contribution in [1.82, 2.24) is 10.0 Å². The van der Waals surface area contributed by atoms with Crippen LogP contribution in [-0.2, 0) is 14.8 Å². The molecule has 2 N–H and O–H groups in total. The Labute approximate surface area is 111 Å². The molecule has 6 heteroatoms. The first-order valence-corrected chi connectivity index (χ1v) is 8.30. The molecule has 2 atom stereocenters. The number of nitrogens with one attached hydrogen (secondary N) is 2. The van der Waals surface area contributed by atoms with E-state index in [4.69, 9.17) is 4.74 Å². The van der Waals surface area contributed by atoms with Crippen LogP contribution in [0.1, 0.15) is 40.0 Å².